The summed E-state index contributed by atoms with van der Waals surface area (Å²) in [5, 5.41) is 24.3. The number of halogens is 2. The molecule has 0 bridgehead atoms. The highest BCUT2D eigenvalue weighted by Crippen LogP contribution is 2.25. The molecule has 2 rings (SSSR count). The molecule has 0 saturated heterocycles. The number of rotatable bonds is 4. The number of hydrazone groups is 1. The molecule has 0 spiro atoms. The van der Waals surface area contributed by atoms with E-state index in [0.717, 1.165) is 12.1 Å². The first-order valence-electron chi connectivity index (χ1n) is 6.14. The molecule has 2 aromatic carbocycles. The molecule has 0 aliphatic heterocycles. The maximum absolute atomic E-state index is 11.9. The van der Waals surface area contributed by atoms with Crippen LogP contribution in [0, 0.1) is 10.1 Å². The van der Waals surface area contributed by atoms with Crippen molar-refractivity contribution in [1.29, 1.82) is 0 Å². The Morgan fingerprint density at radius 2 is 2.00 bits per heavy atom. The molecule has 0 aliphatic carbocycles. The van der Waals surface area contributed by atoms with Gasteiger partial charge in [-0.25, -0.2) is 5.43 Å². The molecule has 1 amide bonds. The molecule has 0 radical (unpaired) electrons. The predicted molar refractivity (Wildman–Crippen MR) is 86.3 cm³/mol. The van der Waals surface area contributed by atoms with Gasteiger partial charge in [-0.3, -0.25) is 14.9 Å². The summed E-state index contributed by atoms with van der Waals surface area (Å²) in [6, 6.07) is 8.08. The second-order valence-corrected chi connectivity index (χ2v) is 5.17. The first-order chi connectivity index (χ1) is 10.9. The van der Waals surface area contributed by atoms with E-state index in [4.69, 9.17) is 23.2 Å². The van der Waals surface area contributed by atoms with Gasteiger partial charge >= 0.3 is 5.69 Å². The van der Waals surface area contributed by atoms with E-state index in [1.165, 1.54) is 30.5 Å². The number of hydrogen-bond donors (Lipinski definition) is 2. The third kappa shape index (κ3) is 4.18. The molecular weight excluding hydrogens is 345 g/mol. The lowest BCUT2D eigenvalue weighted by Crippen LogP contribution is -2.18. The quantitative estimate of drug-likeness (QED) is 0.499. The number of nitro groups is 1. The van der Waals surface area contributed by atoms with Crippen molar-refractivity contribution in [3.8, 4) is 5.75 Å². The van der Waals surface area contributed by atoms with Gasteiger partial charge in [0.2, 0.25) is 0 Å². The number of hydrogen-bond acceptors (Lipinski definition) is 5. The van der Waals surface area contributed by atoms with E-state index in [2.05, 4.69) is 10.5 Å². The van der Waals surface area contributed by atoms with Crippen LogP contribution in [0.2, 0.25) is 10.0 Å². The minimum atomic E-state index is -0.723. The molecule has 23 heavy (non-hydrogen) atoms. The average Bonchev–Trinajstić information content (AvgIpc) is 2.48. The minimum absolute atomic E-state index is 0.172. The molecule has 0 heterocycles. The molecular formula is C14H9Cl2N3O4. The fourth-order valence-electron chi connectivity index (χ4n) is 1.67. The zero-order valence-corrected chi connectivity index (χ0v) is 12.9. The van der Waals surface area contributed by atoms with Crippen molar-refractivity contribution in [3.05, 3.63) is 67.7 Å². The van der Waals surface area contributed by atoms with E-state index in [0.29, 0.717) is 10.6 Å². The van der Waals surface area contributed by atoms with Gasteiger partial charge in [0.05, 0.1) is 21.7 Å². The molecule has 0 atom stereocenters. The van der Waals surface area contributed by atoms with Crippen molar-refractivity contribution in [2.45, 2.75) is 0 Å². The minimum Gasteiger partial charge on any atom is -0.502 e. The summed E-state index contributed by atoms with van der Waals surface area (Å²) in [5.41, 5.74) is 2.30. The molecule has 0 aromatic heterocycles. The Balaban J connectivity index is 2.11. The Bertz CT molecular complexity index is 809. The van der Waals surface area contributed by atoms with Gasteiger partial charge in [-0.05, 0) is 30.3 Å². The highest BCUT2D eigenvalue weighted by Gasteiger charge is 2.13. The van der Waals surface area contributed by atoms with Gasteiger partial charge in [0.1, 0.15) is 0 Å². The number of aromatic hydroxyl groups is 1. The second-order valence-electron chi connectivity index (χ2n) is 4.33. The number of phenols is 1. The van der Waals surface area contributed by atoms with Crippen molar-refractivity contribution in [2.75, 3.05) is 0 Å². The molecule has 0 fully saturated rings. The van der Waals surface area contributed by atoms with E-state index in [9.17, 15) is 20.0 Å². The number of nitrogens with zero attached hydrogens (tertiary/aromatic N) is 2. The van der Waals surface area contributed by atoms with Crippen LogP contribution < -0.4 is 5.43 Å². The maximum Gasteiger partial charge on any atom is 0.311 e. The molecule has 2 N–H and O–H groups in total. The number of benzene rings is 2. The van der Waals surface area contributed by atoms with Crippen LogP contribution >= 0.6 is 23.2 Å². The van der Waals surface area contributed by atoms with Crippen LogP contribution in [0.25, 0.3) is 0 Å². The maximum atomic E-state index is 11.9. The van der Waals surface area contributed by atoms with E-state index >= 15 is 0 Å². The molecule has 9 heteroatoms. The largest absolute Gasteiger partial charge is 0.502 e. The summed E-state index contributed by atoms with van der Waals surface area (Å²) in [6.07, 6.45) is 1.20. The zero-order valence-electron chi connectivity index (χ0n) is 11.4. The van der Waals surface area contributed by atoms with Gasteiger partial charge in [0, 0.05) is 16.7 Å². The fraction of sp³-hybridized carbons (Fsp3) is 0. The summed E-state index contributed by atoms with van der Waals surface area (Å²) in [5.74, 6) is -1.01. The van der Waals surface area contributed by atoms with Crippen molar-refractivity contribution >= 4 is 41.0 Å². The van der Waals surface area contributed by atoms with E-state index in [1.807, 2.05) is 0 Å². The normalized spacial score (nSPS) is 10.7. The lowest BCUT2D eigenvalue weighted by atomic mass is 10.2. The Hall–Kier alpha value is -2.64. The summed E-state index contributed by atoms with van der Waals surface area (Å²) in [4.78, 5) is 21.9. The summed E-state index contributed by atoms with van der Waals surface area (Å²) < 4.78 is 0. The number of nitrogens with one attached hydrogen (secondary N) is 1. The van der Waals surface area contributed by atoms with Gasteiger partial charge < -0.3 is 5.11 Å². The van der Waals surface area contributed by atoms with Gasteiger partial charge in [-0.2, -0.15) is 5.10 Å². The lowest BCUT2D eigenvalue weighted by Gasteiger charge is -2.03. The van der Waals surface area contributed by atoms with Crippen LogP contribution in [-0.4, -0.2) is 22.2 Å². The highest BCUT2D eigenvalue weighted by molar-refractivity contribution is 6.36. The van der Waals surface area contributed by atoms with Gasteiger partial charge in [0.15, 0.2) is 5.75 Å². The first-order valence-corrected chi connectivity index (χ1v) is 6.90. The molecule has 0 aliphatic rings. The number of carbonyl (C=O) groups is 1. The Morgan fingerprint density at radius 1 is 1.26 bits per heavy atom. The summed E-state index contributed by atoms with van der Waals surface area (Å²) >= 11 is 11.6. The van der Waals surface area contributed by atoms with Crippen molar-refractivity contribution in [1.82, 2.24) is 5.43 Å². The molecule has 2 aromatic rings. The van der Waals surface area contributed by atoms with E-state index in [1.54, 1.807) is 0 Å². The van der Waals surface area contributed by atoms with Crippen LogP contribution in [0.5, 0.6) is 5.75 Å². The number of nitro benzene ring substituents is 1. The third-order valence-corrected chi connectivity index (χ3v) is 3.30. The van der Waals surface area contributed by atoms with Gasteiger partial charge in [-0.1, -0.05) is 23.2 Å². The van der Waals surface area contributed by atoms with E-state index < -0.39 is 22.3 Å². The predicted octanol–water partition coefficient (Wildman–Crippen LogP) is 3.37. The molecule has 0 saturated carbocycles. The van der Waals surface area contributed by atoms with Crippen LogP contribution in [0.3, 0.4) is 0 Å². The topological polar surface area (TPSA) is 105 Å². The fourth-order valence-corrected chi connectivity index (χ4v) is 2.16. The summed E-state index contributed by atoms with van der Waals surface area (Å²) in [6.45, 7) is 0. The third-order valence-electron chi connectivity index (χ3n) is 2.75. The SMILES string of the molecule is O=C(N/N=C\c1ccc(O)c([N+](=O)[O-])c1)c1ccc(Cl)cc1Cl. The average molecular weight is 354 g/mol. The van der Waals surface area contributed by atoms with Gasteiger partial charge in [-0.15, -0.1) is 0 Å². The van der Waals surface area contributed by atoms with Crippen molar-refractivity contribution in [3.63, 3.8) is 0 Å². The first kappa shape index (κ1) is 16.7. The van der Waals surface area contributed by atoms with Crippen molar-refractivity contribution in [2.24, 2.45) is 5.10 Å². The highest BCUT2D eigenvalue weighted by atomic mass is 35.5. The van der Waals surface area contributed by atoms with Crippen LogP contribution in [-0.2, 0) is 0 Å². The molecule has 118 valence electrons. The van der Waals surface area contributed by atoms with Crippen molar-refractivity contribution < 1.29 is 14.8 Å². The van der Waals surface area contributed by atoms with Crippen LogP contribution in [0.15, 0.2) is 41.5 Å². The van der Waals surface area contributed by atoms with Crippen LogP contribution in [0.1, 0.15) is 15.9 Å². The Labute approximate surface area is 140 Å². The van der Waals surface area contributed by atoms with Gasteiger partial charge in [0.25, 0.3) is 5.91 Å². The summed E-state index contributed by atoms with van der Waals surface area (Å²) in [7, 11) is 0. The standard InChI is InChI=1S/C14H9Cl2N3O4/c15-9-2-3-10(11(16)6-9)14(21)18-17-7-8-1-4-13(20)12(5-8)19(22)23/h1-7,20H,(H,18,21)/b17-7-. The number of carbonyl (C=O) groups excluding carboxylic acids is 1. The van der Waals surface area contributed by atoms with Crippen LogP contribution in [0.4, 0.5) is 5.69 Å². The lowest BCUT2D eigenvalue weighted by molar-refractivity contribution is -0.385. The Kier molecular flexibility index (Phi) is 5.15. The monoisotopic (exact) mass is 353 g/mol. The number of phenolic OH excluding ortho intramolecular Hbond substituents is 1. The number of amides is 1. The zero-order chi connectivity index (χ0) is 17.0. The molecule has 7 nitrogen and oxygen atoms in total. The van der Waals surface area contributed by atoms with E-state index in [-0.39, 0.29) is 10.6 Å². The second kappa shape index (κ2) is 7.08. The smallest absolute Gasteiger partial charge is 0.311 e. The molecule has 0 unspecified atom stereocenters. The Morgan fingerprint density at radius 3 is 2.65 bits per heavy atom.